The summed E-state index contributed by atoms with van der Waals surface area (Å²) >= 11 is 0. The van der Waals surface area contributed by atoms with Gasteiger partial charge in [-0.2, -0.15) is 0 Å². The summed E-state index contributed by atoms with van der Waals surface area (Å²) in [4.78, 5) is 11.7. The zero-order valence-electron chi connectivity index (χ0n) is 9.36. The molecule has 1 aromatic rings. The fraction of sp³-hybridized carbons (Fsp3) is 0.727. The summed E-state index contributed by atoms with van der Waals surface area (Å²) < 4.78 is 3.59. The Morgan fingerprint density at radius 1 is 1.29 bits per heavy atom. The maximum atomic E-state index is 11.7. The average molecular weight is 196 g/mol. The summed E-state index contributed by atoms with van der Waals surface area (Å²) in [6.07, 6.45) is 5.90. The molecule has 3 nitrogen and oxygen atoms in total. The highest BCUT2D eigenvalue weighted by atomic mass is 16.1. The highest BCUT2D eigenvalue weighted by Crippen LogP contribution is 2.02. The Hall–Kier alpha value is -0.990. The molecule has 0 saturated heterocycles. The molecule has 80 valence electrons. The minimum atomic E-state index is 0.132. The first-order chi connectivity index (χ1) is 6.69. The van der Waals surface area contributed by atoms with E-state index >= 15 is 0 Å². The van der Waals surface area contributed by atoms with Crippen LogP contribution in [0.25, 0.3) is 0 Å². The van der Waals surface area contributed by atoms with Crippen molar-refractivity contribution in [2.24, 2.45) is 5.92 Å². The van der Waals surface area contributed by atoms with E-state index in [2.05, 4.69) is 20.8 Å². The molecular weight excluding hydrogens is 176 g/mol. The standard InChI is InChI=1S/C11H20N2O/c1-4-6-12-7-8-13(11(12)14)9-10(3)5-2/h7-8,10H,4-6,9H2,1-3H3. The lowest BCUT2D eigenvalue weighted by Gasteiger charge is -2.07. The van der Waals surface area contributed by atoms with Crippen molar-refractivity contribution in [3.63, 3.8) is 0 Å². The van der Waals surface area contributed by atoms with Gasteiger partial charge in [-0.3, -0.25) is 9.13 Å². The van der Waals surface area contributed by atoms with E-state index in [4.69, 9.17) is 0 Å². The van der Waals surface area contributed by atoms with Crippen LogP contribution in [0.3, 0.4) is 0 Å². The SMILES string of the molecule is CCCn1ccn(CC(C)CC)c1=O. The molecule has 0 radical (unpaired) electrons. The van der Waals surface area contributed by atoms with Crippen LogP contribution >= 0.6 is 0 Å². The van der Waals surface area contributed by atoms with E-state index in [0.717, 1.165) is 25.9 Å². The normalized spacial score (nSPS) is 13.1. The smallest absolute Gasteiger partial charge is 0.299 e. The van der Waals surface area contributed by atoms with Crippen LogP contribution in [0.1, 0.15) is 33.6 Å². The minimum absolute atomic E-state index is 0.132. The molecule has 0 amide bonds. The molecule has 1 rings (SSSR count). The first kappa shape index (κ1) is 11.1. The lowest BCUT2D eigenvalue weighted by molar-refractivity contribution is 0.453. The van der Waals surface area contributed by atoms with Crippen LogP contribution in [0.5, 0.6) is 0 Å². The number of aromatic nitrogens is 2. The molecule has 0 saturated carbocycles. The highest BCUT2D eigenvalue weighted by molar-refractivity contribution is 4.81. The van der Waals surface area contributed by atoms with Crippen molar-refractivity contribution in [2.75, 3.05) is 0 Å². The van der Waals surface area contributed by atoms with Crippen LogP contribution < -0.4 is 5.69 Å². The predicted molar refractivity (Wildman–Crippen MR) is 58.4 cm³/mol. The third kappa shape index (κ3) is 2.50. The Kier molecular flexibility index (Phi) is 3.98. The molecule has 1 heterocycles. The third-order valence-electron chi connectivity index (χ3n) is 2.59. The van der Waals surface area contributed by atoms with Gasteiger partial charge in [0.15, 0.2) is 0 Å². The number of rotatable bonds is 5. The van der Waals surface area contributed by atoms with Gasteiger partial charge in [-0.25, -0.2) is 4.79 Å². The zero-order chi connectivity index (χ0) is 10.6. The van der Waals surface area contributed by atoms with Crippen molar-refractivity contribution in [1.29, 1.82) is 0 Å². The van der Waals surface area contributed by atoms with Crippen LogP contribution in [0.2, 0.25) is 0 Å². The summed E-state index contributed by atoms with van der Waals surface area (Å²) in [5.41, 5.74) is 0.132. The summed E-state index contributed by atoms with van der Waals surface area (Å²) in [6, 6.07) is 0. The second-order valence-corrected chi connectivity index (χ2v) is 3.94. The van der Waals surface area contributed by atoms with Gasteiger partial charge in [-0.1, -0.05) is 27.2 Å². The van der Waals surface area contributed by atoms with Crippen LogP contribution in [0.4, 0.5) is 0 Å². The molecule has 1 aromatic heterocycles. The quantitative estimate of drug-likeness (QED) is 0.708. The van der Waals surface area contributed by atoms with Gasteiger partial charge >= 0.3 is 5.69 Å². The van der Waals surface area contributed by atoms with E-state index in [1.54, 1.807) is 4.57 Å². The van der Waals surface area contributed by atoms with Gasteiger partial charge in [0.05, 0.1) is 0 Å². The molecule has 1 atom stereocenters. The fourth-order valence-electron chi connectivity index (χ4n) is 1.47. The Bertz CT molecular complexity index is 324. The van der Waals surface area contributed by atoms with Gasteiger partial charge in [-0.05, 0) is 12.3 Å². The van der Waals surface area contributed by atoms with Gasteiger partial charge in [0.1, 0.15) is 0 Å². The second kappa shape index (κ2) is 5.03. The summed E-state index contributed by atoms with van der Waals surface area (Å²) in [5, 5.41) is 0. The summed E-state index contributed by atoms with van der Waals surface area (Å²) in [5.74, 6) is 0.574. The second-order valence-electron chi connectivity index (χ2n) is 3.94. The van der Waals surface area contributed by atoms with Gasteiger partial charge in [0.2, 0.25) is 0 Å². The Morgan fingerprint density at radius 3 is 2.50 bits per heavy atom. The first-order valence-corrected chi connectivity index (χ1v) is 5.44. The minimum Gasteiger partial charge on any atom is -0.299 e. The van der Waals surface area contributed by atoms with Crippen molar-refractivity contribution in [2.45, 2.75) is 46.7 Å². The molecule has 0 aromatic carbocycles. The molecule has 14 heavy (non-hydrogen) atoms. The molecule has 0 aliphatic rings. The molecular formula is C11H20N2O. The van der Waals surface area contributed by atoms with Gasteiger partial charge < -0.3 is 0 Å². The van der Waals surface area contributed by atoms with Gasteiger partial charge in [0.25, 0.3) is 0 Å². The van der Waals surface area contributed by atoms with E-state index in [1.807, 2.05) is 17.0 Å². The molecule has 0 fully saturated rings. The van der Waals surface area contributed by atoms with Gasteiger partial charge in [-0.15, -0.1) is 0 Å². The van der Waals surface area contributed by atoms with Crippen LogP contribution in [-0.4, -0.2) is 9.13 Å². The van der Waals surface area contributed by atoms with Crippen LogP contribution in [0, 0.1) is 5.92 Å². The molecule has 1 unspecified atom stereocenters. The highest BCUT2D eigenvalue weighted by Gasteiger charge is 2.05. The topological polar surface area (TPSA) is 26.9 Å². The molecule has 0 N–H and O–H groups in total. The molecule has 3 heteroatoms. The van der Waals surface area contributed by atoms with Crippen molar-refractivity contribution in [3.05, 3.63) is 22.9 Å². The monoisotopic (exact) mass is 196 g/mol. The van der Waals surface area contributed by atoms with Crippen LogP contribution in [-0.2, 0) is 13.1 Å². The Balaban J connectivity index is 2.74. The van der Waals surface area contributed by atoms with E-state index in [9.17, 15) is 4.79 Å². The number of imidazole rings is 1. The van der Waals surface area contributed by atoms with Crippen molar-refractivity contribution >= 4 is 0 Å². The number of nitrogens with zero attached hydrogens (tertiary/aromatic N) is 2. The maximum Gasteiger partial charge on any atom is 0.328 e. The van der Waals surface area contributed by atoms with Gasteiger partial charge in [0, 0.05) is 25.5 Å². The van der Waals surface area contributed by atoms with Crippen molar-refractivity contribution in [1.82, 2.24) is 9.13 Å². The van der Waals surface area contributed by atoms with E-state index in [0.29, 0.717) is 5.92 Å². The fourth-order valence-corrected chi connectivity index (χ4v) is 1.47. The largest absolute Gasteiger partial charge is 0.328 e. The molecule has 0 spiro atoms. The Morgan fingerprint density at radius 2 is 1.93 bits per heavy atom. The zero-order valence-corrected chi connectivity index (χ0v) is 9.36. The molecule has 0 bridgehead atoms. The van der Waals surface area contributed by atoms with E-state index in [1.165, 1.54) is 0 Å². The number of hydrogen-bond donors (Lipinski definition) is 0. The van der Waals surface area contributed by atoms with Crippen LogP contribution in [0.15, 0.2) is 17.2 Å². The predicted octanol–water partition coefficient (Wildman–Crippen LogP) is 2.11. The van der Waals surface area contributed by atoms with E-state index in [-0.39, 0.29) is 5.69 Å². The lowest BCUT2D eigenvalue weighted by atomic mass is 10.1. The summed E-state index contributed by atoms with van der Waals surface area (Å²) in [6.45, 7) is 8.07. The summed E-state index contributed by atoms with van der Waals surface area (Å²) in [7, 11) is 0. The maximum absolute atomic E-state index is 11.7. The van der Waals surface area contributed by atoms with Crippen molar-refractivity contribution < 1.29 is 0 Å². The number of hydrogen-bond acceptors (Lipinski definition) is 1. The molecule has 0 aliphatic heterocycles. The first-order valence-electron chi connectivity index (χ1n) is 5.44. The lowest BCUT2D eigenvalue weighted by Crippen LogP contribution is -2.25. The number of aryl methyl sites for hydroxylation is 1. The Labute approximate surface area is 85.4 Å². The average Bonchev–Trinajstić information content (AvgIpc) is 2.50. The third-order valence-corrected chi connectivity index (χ3v) is 2.59. The van der Waals surface area contributed by atoms with E-state index < -0.39 is 0 Å². The molecule has 0 aliphatic carbocycles. The van der Waals surface area contributed by atoms with Crippen molar-refractivity contribution in [3.8, 4) is 0 Å².